The Bertz CT molecular complexity index is 973. The van der Waals surface area contributed by atoms with Crippen LogP contribution < -0.4 is 15.0 Å². The Morgan fingerprint density at radius 3 is 2.67 bits per heavy atom. The zero-order chi connectivity index (χ0) is 18.8. The molecule has 0 bridgehead atoms. The maximum Gasteiger partial charge on any atom is 0.256 e. The van der Waals surface area contributed by atoms with Gasteiger partial charge in [0.05, 0.1) is 31.7 Å². The predicted octanol–water partition coefficient (Wildman–Crippen LogP) is 2.61. The summed E-state index contributed by atoms with van der Waals surface area (Å²) in [5.74, 6) is 2.56. The highest BCUT2D eigenvalue weighted by molar-refractivity contribution is 5.47. The molecule has 0 amide bonds. The molecule has 3 heterocycles. The van der Waals surface area contributed by atoms with Crippen LogP contribution in [0.3, 0.4) is 0 Å². The van der Waals surface area contributed by atoms with Gasteiger partial charge >= 0.3 is 0 Å². The largest absolute Gasteiger partial charge is 0.497 e. The molecular weight excluding hydrogens is 346 g/mol. The van der Waals surface area contributed by atoms with E-state index in [1.807, 2.05) is 18.2 Å². The number of nitrogens with one attached hydrogen (secondary N) is 1. The summed E-state index contributed by atoms with van der Waals surface area (Å²) in [6, 6.07) is 9.38. The van der Waals surface area contributed by atoms with Crippen LogP contribution in [0.1, 0.15) is 16.8 Å². The maximum absolute atomic E-state index is 12.6. The van der Waals surface area contributed by atoms with Crippen molar-refractivity contribution in [1.82, 2.24) is 14.9 Å². The van der Waals surface area contributed by atoms with Gasteiger partial charge in [-0.05, 0) is 29.8 Å². The highest BCUT2D eigenvalue weighted by Crippen LogP contribution is 2.25. The second kappa shape index (κ2) is 7.28. The van der Waals surface area contributed by atoms with E-state index in [4.69, 9.17) is 13.9 Å². The van der Waals surface area contributed by atoms with E-state index in [1.165, 1.54) is 0 Å². The number of benzene rings is 1. The minimum absolute atomic E-state index is 0.112. The summed E-state index contributed by atoms with van der Waals surface area (Å²) >= 11 is 0. The van der Waals surface area contributed by atoms with Crippen LogP contribution in [0, 0.1) is 0 Å². The van der Waals surface area contributed by atoms with E-state index in [1.54, 1.807) is 32.6 Å². The third-order valence-corrected chi connectivity index (χ3v) is 4.72. The molecule has 1 N–H and O–H groups in total. The van der Waals surface area contributed by atoms with E-state index in [-0.39, 0.29) is 5.56 Å². The van der Waals surface area contributed by atoms with Gasteiger partial charge in [0.2, 0.25) is 0 Å². The lowest BCUT2D eigenvalue weighted by Gasteiger charge is -2.27. The number of H-pyrrole nitrogens is 1. The molecule has 0 radical (unpaired) electrons. The first-order chi connectivity index (χ1) is 13.2. The third kappa shape index (κ3) is 3.59. The van der Waals surface area contributed by atoms with E-state index in [0.717, 1.165) is 29.3 Å². The molecule has 0 atom stereocenters. The van der Waals surface area contributed by atoms with Gasteiger partial charge in [0, 0.05) is 32.1 Å². The van der Waals surface area contributed by atoms with Crippen molar-refractivity contribution in [3.8, 4) is 23.1 Å². The molecule has 0 unspecified atom stereocenters. The van der Waals surface area contributed by atoms with Crippen molar-refractivity contribution in [2.75, 3.05) is 20.8 Å². The van der Waals surface area contributed by atoms with Crippen molar-refractivity contribution in [3.63, 3.8) is 0 Å². The number of fused-ring (bicyclic) bond motifs is 1. The predicted molar refractivity (Wildman–Crippen MR) is 99.9 cm³/mol. The van der Waals surface area contributed by atoms with Crippen molar-refractivity contribution in [3.05, 3.63) is 63.8 Å². The Balaban J connectivity index is 1.56. The minimum atomic E-state index is -0.112. The average molecular weight is 367 g/mol. The molecule has 1 aliphatic heterocycles. The molecule has 0 saturated heterocycles. The van der Waals surface area contributed by atoms with Crippen LogP contribution >= 0.6 is 0 Å². The Morgan fingerprint density at radius 2 is 2.00 bits per heavy atom. The highest BCUT2D eigenvalue weighted by Gasteiger charge is 2.22. The number of furan rings is 1. The second-order valence-corrected chi connectivity index (χ2v) is 6.50. The van der Waals surface area contributed by atoms with Crippen LogP contribution in [0.4, 0.5) is 0 Å². The SMILES string of the molecule is COc1cc(CN2CCc3nc(-c4ccco4)[nH]c(=O)c3C2)cc(OC)c1. The summed E-state index contributed by atoms with van der Waals surface area (Å²) in [5.41, 5.74) is 2.52. The van der Waals surface area contributed by atoms with Gasteiger partial charge in [0.25, 0.3) is 5.56 Å². The number of hydrogen-bond acceptors (Lipinski definition) is 6. The Morgan fingerprint density at radius 1 is 1.22 bits per heavy atom. The summed E-state index contributed by atoms with van der Waals surface area (Å²) in [7, 11) is 3.27. The lowest BCUT2D eigenvalue weighted by molar-refractivity contribution is 0.241. The number of aromatic nitrogens is 2. The monoisotopic (exact) mass is 367 g/mol. The molecule has 4 rings (SSSR count). The summed E-state index contributed by atoms with van der Waals surface area (Å²) in [4.78, 5) is 22.2. The van der Waals surface area contributed by atoms with Gasteiger partial charge in [-0.3, -0.25) is 9.69 Å². The number of ether oxygens (including phenoxy) is 2. The third-order valence-electron chi connectivity index (χ3n) is 4.72. The van der Waals surface area contributed by atoms with Crippen LogP contribution in [0.15, 0.2) is 45.8 Å². The molecule has 0 spiro atoms. The summed E-state index contributed by atoms with van der Waals surface area (Å²) in [6.45, 7) is 2.07. The molecule has 140 valence electrons. The maximum atomic E-state index is 12.6. The van der Waals surface area contributed by atoms with Crippen LogP contribution in [-0.2, 0) is 19.5 Å². The van der Waals surface area contributed by atoms with Crippen LogP contribution in [0.5, 0.6) is 11.5 Å². The van der Waals surface area contributed by atoms with Gasteiger partial charge in [-0.25, -0.2) is 4.98 Å². The van der Waals surface area contributed by atoms with Gasteiger partial charge in [-0.1, -0.05) is 0 Å². The molecular formula is C20H21N3O4. The number of rotatable bonds is 5. The van der Waals surface area contributed by atoms with E-state index in [2.05, 4.69) is 14.9 Å². The number of aromatic amines is 1. The van der Waals surface area contributed by atoms with Crippen molar-refractivity contribution >= 4 is 0 Å². The molecule has 2 aromatic heterocycles. The minimum Gasteiger partial charge on any atom is -0.497 e. The van der Waals surface area contributed by atoms with Gasteiger partial charge in [-0.2, -0.15) is 0 Å². The molecule has 1 aromatic carbocycles. The Kier molecular flexibility index (Phi) is 4.68. The fourth-order valence-electron chi connectivity index (χ4n) is 3.36. The molecule has 1 aliphatic rings. The molecule has 0 saturated carbocycles. The van der Waals surface area contributed by atoms with Crippen molar-refractivity contribution < 1.29 is 13.9 Å². The van der Waals surface area contributed by atoms with E-state index >= 15 is 0 Å². The quantitative estimate of drug-likeness (QED) is 0.747. The van der Waals surface area contributed by atoms with Crippen molar-refractivity contribution in [1.29, 1.82) is 0 Å². The fraction of sp³-hybridized carbons (Fsp3) is 0.300. The molecule has 0 aliphatic carbocycles. The summed E-state index contributed by atoms with van der Waals surface area (Å²) in [6.07, 6.45) is 2.28. The van der Waals surface area contributed by atoms with Gasteiger partial charge in [0.15, 0.2) is 11.6 Å². The summed E-state index contributed by atoms with van der Waals surface area (Å²) in [5, 5.41) is 0. The van der Waals surface area contributed by atoms with E-state index < -0.39 is 0 Å². The highest BCUT2D eigenvalue weighted by atomic mass is 16.5. The topological polar surface area (TPSA) is 80.6 Å². The van der Waals surface area contributed by atoms with Crippen LogP contribution in [-0.4, -0.2) is 35.6 Å². The smallest absolute Gasteiger partial charge is 0.256 e. The Hall–Kier alpha value is -3.06. The second-order valence-electron chi connectivity index (χ2n) is 6.50. The van der Waals surface area contributed by atoms with Crippen molar-refractivity contribution in [2.45, 2.75) is 19.5 Å². The van der Waals surface area contributed by atoms with Crippen LogP contribution in [0.2, 0.25) is 0 Å². The number of hydrogen-bond donors (Lipinski definition) is 1. The standard InChI is InChI=1S/C20H21N3O4/c1-25-14-8-13(9-15(10-14)26-2)11-23-6-5-17-16(12-23)20(24)22-19(21-17)18-4-3-7-27-18/h3-4,7-10H,5-6,11-12H2,1-2H3,(H,21,22,24). The van der Waals surface area contributed by atoms with Crippen molar-refractivity contribution in [2.24, 2.45) is 0 Å². The molecule has 3 aromatic rings. The molecule has 0 fully saturated rings. The lowest BCUT2D eigenvalue weighted by Crippen LogP contribution is -2.35. The average Bonchev–Trinajstić information content (AvgIpc) is 3.23. The molecule has 7 nitrogen and oxygen atoms in total. The van der Waals surface area contributed by atoms with E-state index in [0.29, 0.717) is 36.7 Å². The van der Waals surface area contributed by atoms with Gasteiger partial charge < -0.3 is 18.9 Å². The number of nitrogens with zero attached hydrogens (tertiary/aromatic N) is 2. The first kappa shape index (κ1) is 17.4. The first-order valence-corrected chi connectivity index (χ1v) is 8.76. The van der Waals surface area contributed by atoms with Crippen LogP contribution in [0.25, 0.3) is 11.6 Å². The molecule has 7 heteroatoms. The normalized spacial score (nSPS) is 14.0. The number of methoxy groups -OCH3 is 2. The first-order valence-electron chi connectivity index (χ1n) is 8.76. The van der Waals surface area contributed by atoms with E-state index in [9.17, 15) is 4.79 Å². The summed E-state index contributed by atoms with van der Waals surface area (Å²) < 4.78 is 16.0. The van der Waals surface area contributed by atoms with Gasteiger partial charge in [0.1, 0.15) is 11.5 Å². The zero-order valence-electron chi connectivity index (χ0n) is 15.3. The molecule has 27 heavy (non-hydrogen) atoms. The van der Waals surface area contributed by atoms with Gasteiger partial charge in [-0.15, -0.1) is 0 Å². The lowest BCUT2D eigenvalue weighted by atomic mass is 10.1. The zero-order valence-corrected chi connectivity index (χ0v) is 15.3. The Labute approximate surface area is 156 Å². The fourth-order valence-corrected chi connectivity index (χ4v) is 3.36.